The predicted octanol–water partition coefficient (Wildman–Crippen LogP) is 1.64. The van der Waals surface area contributed by atoms with Gasteiger partial charge in [0.25, 0.3) is 5.56 Å². The molecule has 1 aromatic heterocycles. The van der Waals surface area contributed by atoms with Crippen LogP contribution in [0.5, 0.6) is 0 Å². The molecule has 1 saturated heterocycles. The zero-order chi connectivity index (χ0) is 17.1. The van der Waals surface area contributed by atoms with Gasteiger partial charge in [-0.05, 0) is 19.9 Å². The monoisotopic (exact) mass is 327 g/mol. The average molecular weight is 327 g/mol. The third-order valence-corrected chi connectivity index (χ3v) is 4.22. The third kappa shape index (κ3) is 3.38. The van der Waals surface area contributed by atoms with Crippen LogP contribution < -0.4 is 5.56 Å². The molecule has 1 amide bonds. The SMILES string of the molecule is Cc1ccc(-c2ccc(=O)n(C(C)C(=O)N3CCOCC3)n2)cc1. The number of amides is 1. The largest absolute Gasteiger partial charge is 0.378 e. The van der Waals surface area contributed by atoms with Crippen molar-refractivity contribution in [2.24, 2.45) is 0 Å². The molecule has 126 valence electrons. The zero-order valence-electron chi connectivity index (χ0n) is 13.9. The maximum atomic E-state index is 12.6. The Balaban J connectivity index is 1.89. The van der Waals surface area contributed by atoms with Crippen LogP contribution >= 0.6 is 0 Å². The van der Waals surface area contributed by atoms with E-state index in [1.807, 2.05) is 31.2 Å². The van der Waals surface area contributed by atoms with Gasteiger partial charge in [-0.25, -0.2) is 4.68 Å². The number of rotatable bonds is 3. The van der Waals surface area contributed by atoms with E-state index in [-0.39, 0.29) is 11.5 Å². The van der Waals surface area contributed by atoms with Gasteiger partial charge in [-0.1, -0.05) is 29.8 Å². The Kier molecular flexibility index (Phi) is 4.76. The van der Waals surface area contributed by atoms with Crippen molar-refractivity contribution in [3.8, 4) is 11.3 Å². The quantitative estimate of drug-likeness (QED) is 0.860. The molecule has 1 aliphatic rings. The van der Waals surface area contributed by atoms with E-state index in [0.717, 1.165) is 11.1 Å². The lowest BCUT2D eigenvalue weighted by Crippen LogP contribution is -2.45. The summed E-state index contributed by atoms with van der Waals surface area (Å²) in [5, 5.41) is 4.41. The molecule has 24 heavy (non-hydrogen) atoms. The van der Waals surface area contributed by atoms with Gasteiger partial charge in [-0.2, -0.15) is 5.10 Å². The fourth-order valence-corrected chi connectivity index (χ4v) is 2.73. The highest BCUT2D eigenvalue weighted by Crippen LogP contribution is 2.17. The number of aromatic nitrogens is 2. The van der Waals surface area contributed by atoms with E-state index in [1.165, 1.54) is 10.7 Å². The van der Waals surface area contributed by atoms with Crippen LogP contribution in [-0.2, 0) is 9.53 Å². The van der Waals surface area contributed by atoms with Crippen molar-refractivity contribution in [2.75, 3.05) is 26.3 Å². The molecular formula is C18H21N3O3. The Morgan fingerprint density at radius 3 is 2.46 bits per heavy atom. The van der Waals surface area contributed by atoms with E-state index in [2.05, 4.69) is 5.10 Å². The van der Waals surface area contributed by atoms with E-state index in [1.54, 1.807) is 17.9 Å². The van der Waals surface area contributed by atoms with Crippen LogP contribution in [0.1, 0.15) is 18.5 Å². The topological polar surface area (TPSA) is 64.4 Å². The van der Waals surface area contributed by atoms with Crippen LogP contribution in [0, 0.1) is 6.92 Å². The van der Waals surface area contributed by atoms with Gasteiger partial charge < -0.3 is 9.64 Å². The van der Waals surface area contributed by atoms with Crippen LogP contribution in [0.4, 0.5) is 0 Å². The van der Waals surface area contributed by atoms with E-state index in [4.69, 9.17) is 4.74 Å². The Bertz CT molecular complexity index is 777. The normalized spacial score (nSPS) is 16.0. The molecular weight excluding hydrogens is 306 g/mol. The first-order valence-corrected chi connectivity index (χ1v) is 8.10. The van der Waals surface area contributed by atoms with Gasteiger partial charge in [-0.15, -0.1) is 0 Å². The molecule has 1 atom stereocenters. The van der Waals surface area contributed by atoms with Crippen molar-refractivity contribution in [3.63, 3.8) is 0 Å². The van der Waals surface area contributed by atoms with Gasteiger partial charge in [-0.3, -0.25) is 9.59 Å². The second-order valence-corrected chi connectivity index (χ2v) is 5.98. The summed E-state index contributed by atoms with van der Waals surface area (Å²) in [6, 6.07) is 10.4. The van der Waals surface area contributed by atoms with Crippen molar-refractivity contribution in [3.05, 3.63) is 52.3 Å². The summed E-state index contributed by atoms with van der Waals surface area (Å²) in [5.74, 6) is -0.103. The summed E-state index contributed by atoms with van der Waals surface area (Å²) in [7, 11) is 0. The van der Waals surface area contributed by atoms with Crippen molar-refractivity contribution in [1.82, 2.24) is 14.7 Å². The van der Waals surface area contributed by atoms with Crippen molar-refractivity contribution in [2.45, 2.75) is 19.9 Å². The third-order valence-electron chi connectivity index (χ3n) is 4.22. The Morgan fingerprint density at radius 1 is 1.12 bits per heavy atom. The molecule has 1 unspecified atom stereocenters. The molecule has 1 aromatic carbocycles. The summed E-state index contributed by atoms with van der Waals surface area (Å²) >= 11 is 0. The smallest absolute Gasteiger partial charge is 0.267 e. The number of benzene rings is 1. The molecule has 2 heterocycles. The predicted molar refractivity (Wildman–Crippen MR) is 90.8 cm³/mol. The second kappa shape index (κ2) is 6.97. The molecule has 3 rings (SSSR count). The molecule has 1 fully saturated rings. The molecule has 0 aliphatic carbocycles. The van der Waals surface area contributed by atoms with Gasteiger partial charge in [0.2, 0.25) is 5.91 Å². The van der Waals surface area contributed by atoms with Gasteiger partial charge in [0, 0.05) is 24.7 Å². The highest BCUT2D eigenvalue weighted by molar-refractivity contribution is 5.80. The summed E-state index contributed by atoms with van der Waals surface area (Å²) in [4.78, 5) is 26.5. The molecule has 0 N–H and O–H groups in total. The number of nitrogens with zero attached hydrogens (tertiary/aromatic N) is 3. The number of morpholine rings is 1. The lowest BCUT2D eigenvalue weighted by Gasteiger charge is -2.29. The minimum Gasteiger partial charge on any atom is -0.378 e. The zero-order valence-corrected chi connectivity index (χ0v) is 13.9. The maximum Gasteiger partial charge on any atom is 0.267 e. The van der Waals surface area contributed by atoms with Crippen LogP contribution in [0.25, 0.3) is 11.3 Å². The Hall–Kier alpha value is -2.47. The lowest BCUT2D eigenvalue weighted by molar-refractivity contribution is -0.138. The summed E-state index contributed by atoms with van der Waals surface area (Å²) < 4.78 is 6.54. The first kappa shape index (κ1) is 16.4. The number of aryl methyl sites for hydroxylation is 1. The highest BCUT2D eigenvalue weighted by atomic mass is 16.5. The van der Waals surface area contributed by atoms with Crippen molar-refractivity contribution >= 4 is 5.91 Å². The first-order chi connectivity index (χ1) is 11.6. The van der Waals surface area contributed by atoms with Crippen LogP contribution in [0.15, 0.2) is 41.2 Å². The number of carbonyl (C=O) groups is 1. The number of hydrogen-bond acceptors (Lipinski definition) is 4. The van der Waals surface area contributed by atoms with Crippen LogP contribution in [0.2, 0.25) is 0 Å². The Morgan fingerprint density at radius 2 is 1.79 bits per heavy atom. The fourth-order valence-electron chi connectivity index (χ4n) is 2.73. The standard InChI is InChI=1S/C18H21N3O3/c1-13-3-5-15(6-4-13)16-7-8-17(22)21(19-16)14(2)18(23)20-9-11-24-12-10-20/h3-8,14H,9-12H2,1-2H3. The van der Waals surface area contributed by atoms with E-state index in [0.29, 0.717) is 32.0 Å². The molecule has 6 heteroatoms. The minimum absolute atomic E-state index is 0.103. The van der Waals surface area contributed by atoms with E-state index >= 15 is 0 Å². The molecule has 0 spiro atoms. The molecule has 6 nitrogen and oxygen atoms in total. The second-order valence-electron chi connectivity index (χ2n) is 5.98. The van der Waals surface area contributed by atoms with Crippen LogP contribution in [-0.4, -0.2) is 46.9 Å². The molecule has 0 bridgehead atoms. The van der Waals surface area contributed by atoms with Gasteiger partial charge >= 0.3 is 0 Å². The van der Waals surface area contributed by atoms with Crippen molar-refractivity contribution < 1.29 is 9.53 Å². The first-order valence-electron chi connectivity index (χ1n) is 8.10. The Labute approximate surface area is 140 Å². The highest BCUT2D eigenvalue weighted by Gasteiger charge is 2.25. The van der Waals surface area contributed by atoms with Gasteiger partial charge in [0.15, 0.2) is 0 Å². The van der Waals surface area contributed by atoms with Gasteiger partial charge in [0.05, 0.1) is 18.9 Å². The van der Waals surface area contributed by atoms with Gasteiger partial charge in [0.1, 0.15) is 6.04 Å². The summed E-state index contributed by atoms with van der Waals surface area (Å²) in [5.41, 5.74) is 2.47. The van der Waals surface area contributed by atoms with Crippen molar-refractivity contribution in [1.29, 1.82) is 0 Å². The van der Waals surface area contributed by atoms with Crippen LogP contribution in [0.3, 0.4) is 0 Å². The number of hydrogen-bond donors (Lipinski definition) is 0. The molecule has 2 aromatic rings. The maximum absolute atomic E-state index is 12.6. The summed E-state index contributed by atoms with van der Waals surface area (Å²) in [6.07, 6.45) is 0. The minimum atomic E-state index is -0.638. The lowest BCUT2D eigenvalue weighted by atomic mass is 10.1. The molecule has 0 saturated carbocycles. The summed E-state index contributed by atoms with van der Waals surface area (Å²) in [6.45, 7) is 5.89. The average Bonchev–Trinajstić information content (AvgIpc) is 2.62. The van der Waals surface area contributed by atoms with E-state index in [9.17, 15) is 9.59 Å². The van der Waals surface area contributed by atoms with E-state index < -0.39 is 6.04 Å². The molecule has 0 radical (unpaired) electrons. The number of ether oxygens (including phenoxy) is 1. The fraction of sp³-hybridized carbons (Fsp3) is 0.389. The molecule has 1 aliphatic heterocycles. The number of carbonyl (C=O) groups excluding carboxylic acids is 1.